The van der Waals surface area contributed by atoms with Gasteiger partial charge in [-0.1, -0.05) is 5.92 Å². The van der Waals surface area contributed by atoms with Gasteiger partial charge in [-0.2, -0.15) is 0 Å². The van der Waals surface area contributed by atoms with Gasteiger partial charge >= 0.3 is 0 Å². The first kappa shape index (κ1) is 15.3. The van der Waals surface area contributed by atoms with Gasteiger partial charge in [-0.15, -0.1) is 0 Å². The fraction of sp³-hybridized carbons (Fsp3) is 0.200. The van der Waals surface area contributed by atoms with Gasteiger partial charge in [0, 0.05) is 31.4 Å². The van der Waals surface area contributed by atoms with Gasteiger partial charge in [0.25, 0.3) is 5.69 Å². The molecule has 0 aliphatic rings. The Labute approximate surface area is 126 Å². The number of fused-ring (bicyclic) bond motifs is 1. The molecule has 1 aromatic carbocycles. The molecule has 0 aliphatic carbocycles. The molecule has 112 valence electrons. The van der Waals surface area contributed by atoms with E-state index in [0.29, 0.717) is 16.6 Å². The second kappa shape index (κ2) is 6.10. The van der Waals surface area contributed by atoms with Gasteiger partial charge in [0.15, 0.2) is 0 Å². The van der Waals surface area contributed by atoms with Crippen molar-refractivity contribution in [2.24, 2.45) is 0 Å². The Balaban J connectivity index is 2.48. The molecule has 0 spiro atoms. The van der Waals surface area contributed by atoms with Crippen LogP contribution in [0.4, 0.5) is 5.69 Å². The molecule has 7 nitrogen and oxygen atoms in total. The van der Waals surface area contributed by atoms with Crippen molar-refractivity contribution in [3.05, 3.63) is 40.1 Å². The molecule has 7 heteroatoms. The molecule has 1 heterocycles. The maximum absolute atomic E-state index is 11.8. The Morgan fingerprint density at radius 1 is 1.32 bits per heavy atom. The lowest BCUT2D eigenvalue weighted by atomic mass is 10.2. The number of benzene rings is 1. The third-order valence-corrected chi connectivity index (χ3v) is 2.95. The van der Waals surface area contributed by atoms with Gasteiger partial charge in [-0.05, 0) is 18.1 Å². The molecule has 0 atom stereocenters. The molecule has 0 aliphatic heterocycles. The fourth-order valence-corrected chi connectivity index (χ4v) is 2.05. The van der Waals surface area contributed by atoms with Crippen LogP contribution in [-0.2, 0) is 4.79 Å². The van der Waals surface area contributed by atoms with Crippen molar-refractivity contribution >= 4 is 28.4 Å². The Morgan fingerprint density at radius 3 is 2.64 bits per heavy atom. The predicted octanol–water partition coefficient (Wildman–Crippen LogP) is 1.70. The Kier molecular flexibility index (Phi) is 4.23. The second-order valence-electron chi connectivity index (χ2n) is 4.60. The summed E-state index contributed by atoms with van der Waals surface area (Å²) in [7, 11) is 0. The second-order valence-corrected chi connectivity index (χ2v) is 4.60. The molecule has 1 N–H and O–H groups in total. The normalized spacial score (nSPS) is 9.91. The molecule has 1 aromatic heterocycles. The minimum atomic E-state index is -0.493. The van der Waals surface area contributed by atoms with Crippen molar-refractivity contribution in [3.8, 4) is 11.8 Å². The van der Waals surface area contributed by atoms with Crippen molar-refractivity contribution < 1.29 is 14.5 Å². The van der Waals surface area contributed by atoms with Crippen molar-refractivity contribution in [1.82, 2.24) is 9.88 Å². The molecule has 2 aromatic rings. The van der Waals surface area contributed by atoms with Gasteiger partial charge in [-0.3, -0.25) is 24.3 Å². The number of carbonyl (C=O) groups is 2. The van der Waals surface area contributed by atoms with Gasteiger partial charge in [0.05, 0.1) is 17.0 Å². The lowest BCUT2D eigenvalue weighted by molar-refractivity contribution is -0.384. The minimum absolute atomic E-state index is 0.0500. The quantitative estimate of drug-likeness (QED) is 0.518. The monoisotopic (exact) mass is 299 g/mol. The number of aromatic nitrogens is 1. The fourth-order valence-electron chi connectivity index (χ4n) is 2.05. The molecular formula is C15H13N3O4. The number of nitrogens with one attached hydrogen (secondary N) is 1. The number of nitrogens with zero attached hydrogens (tertiary/aromatic N) is 2. The van der Waals surface area contributed by atoms with E-state index in [9.17, 15) is 19.7 Å². The number of non-ortho nitro benzene ring substituents is 1. The summed E-state index contributed by atoms with van der Waals surface area (Å²) in [5, 5.41) is 13.9. The van der Waals surface area contributed by atoms with E-state index in [0.717, 1.165) is 0 Å². The number of nitro groups is 1. The van der Waals surface area contributed by atoms with Crippen LogP contribution in [0.1, 0.15) is 24.3 Å². The van der Waals surface area contributed by atoms with Gasteiger partial charge in [0.2, 0.25) is 11.8 Å². The van der Waals surface area contributed by atoms with Gasteiger partial charge in [-0.25, -0.2) is 0 Å². The van der Waals surface area contributed by atoms with E-state index < -0.39 is 4.92 Å². The van der Waals surface area contributed by atoms with Crippen LogP contribution >= 0.6 is 0 Å². The summed E-state index contributed by atoms with van der Waals surface area (Å²) in [6.45, 7) is 2.93. The molecule has 0 radical (unpaired) electrons. The lowest BCUT2D eigenvalue weighted by Crippen LogP contribution is -2.19. The number of amides is 1. The largest absolute Gasteiger partial charge is 0.345 e. The minimum Gasteiger partial charge on any atom is -0.345 e. The van der Waals surface area contributed by atoms with Crippen LogP contribution in [0.3, 0.4) is 0 Å². The molecular weight excluding hydrogens is 286 g/mol. The molecule has 0 unspecified atom stereocenters. The van der Waals surface area contributed by atoms with Crippen LogP contribution in [0.25, 0.3) is 10.9 Å². The summed E-state index contributed by atoms with van der Waals surface area (Å²) in [5.74, 6) is 5.09. The van der Waals surface area contributed by atoms with Crippen LogP contribution in [0.5, 0.6) is 0 Å². The van der Waals surface area contributed by atoms with E-state index in [2.05, 4.69) is 17.2 Å². The molecule has 2 rings (SSSR count). The first-order chi connectivity index (χ1) is 10.4. The summed E-state index contributed by atoms with van der Waals surface area (Å²) in [6, 6.07) is 5.88. The number of nitro benzene ring substituents is 1. The van der Waals surface area contributed by atoms with Crippen LogP contribution in [0, 0.1) is 22.0 Å². The van der Waals surface area contributed by atoms with Crippen molar-refractivity contribution in [3.63, 3.8) is 0 Å². The Hall–Kier alpha value is -3.14. The van der Waals surface area contributed by atoms with E-state index in [1.165, 1.54) is 36.6 Å². The third kappa shape index (κ3) is 3.12. The highest BCUT2D eigenvalue weighted by molar-refractivity contribution is 5.94. The van der Waals surface area contributed by atoms with E-state index in [4.69, 9.17) is 0 Å². The summed E-state index contributed by atoms with van der Waals surface area (Å²) in [5.41, 5.74) is 0.932. The SMILES string of the molecule is CC(=O)NCC#Cc1cc2cc([N+](=O)[O-])ccc2n1C(C)=O. The molecule has 0 bridgehead atoms. The van der Waals surface area contributed by atoms with Gasteiger partial charge < -0.3 is 5.32 Å². The van der Waals surface area contributed by atoms with Crippen LogP contribution in [-0.4, -0.2) is 27.8 Å². The first-order valence-electron chi connectivity index (χ1n) is 6.44. The topological polar surface area (TPSA) is 94.2 Å². The maximum Gasteiger partial charge on any atom is 0.270 e. The van der Waals surface area contributed by atoms with Crippen LogP contribution in [0.15, 0.2) is 24.3 Å². The smallest absolute Gasteiger partial charge is 0.270 e. The molecule has 22 heavy (non-hydrogen) atoms. The number of hydrogen-bond donors (Lipinski definition) is 1. The number of hydrogen-bond acceptors (Lipinski definition) is 4. The van der Waals surface area contributed by atoms with Crippen LogP contribution in [0.2, 0.25) is 0 Å². The molecule has 0 saturated carbocycles. The lowest BCUT2D eigenvalue weighted by Gasteiger charge is -2.01. The zero-order valence-corrected chi connectivity index (χ0v) is 12.0. The van der Waals surface area contributed by atoms with Gasteiger partial charge in [0.1, 0.15) is 5.69 Å². The summed E-state index contributed by atoms with van der Waals surface area (Å²) in [6.07, 6.45) is 0. The first-order valence-corrected chi connectivity index (χ1v) is 6.44. The standard InChI is InChI=1S/C15H13N3O4/c1-10(19)16-7-3-4-13-8-12-9-14(18(21)22)5-6-15(12)17(13)11(2)20/h5-6,8-9H,7H2,1-2H3,(H,16,19). The van der Waals surface area contributed by atoms with Crippen LogP contribution < -0.4 is 5.32 Å². The Bertz CT molecular complexity index is 840. The van der Waals surface area contributed by atoms with E-state index in [1.54, 1.807) is 6.07 Å². The Morgan fingerprint density at radius 2 is 2.05 bits per heavy atom. The van der Waals surface area contributed by atoms with Crippen molar-refractivity contribution in [2.45, 2.75) is 13.8 Å². The molecule has 0 saturated heterocycles. The summed E-state index contributed by atoms with van der Waals surface area (Å²) >= 11 is 0. The van der Waals surface area contributed by atoms with E-state index in [-0.39, 0.29) is 24.0 Å². The highest BCUT2D eigenvalue weighted by Crippen LogP contribution is 2.24. The molecule has 1 amide bonds. The average molecular weight is 299 g/mol. The number of rotatable bonds is 2. The summed E-state index contributed by atoms with van der Waals surface area (Å²) in [4.78, 5) is 32.9. The van der Waals surface area contributed by atoms with Crippen molar-refractivity contribution in [1.29, 1.82) is 0 Å². The number of carbonyl (C=O) groups excluding carboxylic acids is 2. The maximum atomic E-state index is 11.8. The zero-order valence-electron chi connectivity index (χ0n) is 12.0. The highest BCUT2D eigenvalue weighted by Gasteiger charge is 2.14. The molecule has 0 fully saturated rings. The highest BCUT2D eigenvalue weighted by atomic mass is 16.6. The predicted molar refractivity (Wildman–Crippen MR) is 80.5 cm³/mol. The zero-order chi connectivity index (χ0) is 16.3. The third-order valence-electron chi connectivity index (χ3n) is 2.95. The van der Waals surface area contributed by atoms with E-state index in [1.807, 2.05) is 0 Å². The average Bonchev–Trinajstić information content (AvgIpc) is 2.80. The summed E-state index contributed by atoms with van der Waals surface area (Å²) < 4.78 is 1.39. The van der Waals surface area contributed by atoms with E-state index >= 15 is 0 Å². The van der Waals surface area contributed by atoms with Crippen molar-refractivity contribution in [2.75, 3.05) is 6.54 Å².